The molecule has 2 aromatic carbocycles. The van der Waals surface area contributed by atoms with Crippen LogP contribution in [0.5, 0.6) is 0 Å². The highest BCUT2D eigenvalue weighted by molar-refractivity contribution is 6.31. The third-order valence-electron chi connectivity index (χ3n) is 3.05. The Labute approximate surface area is 109 Å². The lowest BCUT2D eigenvalue weighted by Crippen LogP contribution is -1.84. The summed E-state index contributed by atoms with van der Waals surface area (Å²) in [7, 11) is 0. The van der Waals surface area contributed by atoms with Gasteiger partial charge in [-0.3, -0.25) is 0 Å². The number of fused-ring (bicyclic) bond motifs is 1. The molecule has 3 heteroatoms. The van der Waals surface area contributed by atoms with Gasteiger partial charge in [0, 0.05) is 21.6 Å². The zero-order valence-corrected chi connectivity index (χ0v) is 10.6. The molecular weight excluding hydrogens is 249 g/mol. The quantitative estimate of drug-likeness (QED) is 0.637. The van der Waals surface area contributed by atoms with Crippen molar-refractivity contribution in [1.82, 2.24) is 4.98 Å². The molecule has 0 spiro atoms. The number of H-pyrrole nitrogens is 1. The Balaban J connectivity index is 2.16. The number of aromatic nitrogens is 1. The summed E-state index contributed by atoms with van der Waals surface area (Å²) < 4.78 is 13.2. The van der Waals surface area contributed by atoms with Crippen LogP contribution in [0.1, 0.15) is 5.56 Å². The van der Waals surface area contributed by atoms with Crippen molar-refractivity contribution in [3.05, 3.63) is 58.9 Å². The fourth-order valence-electron chi connectivity index (χ4n) is 2.07. The molecule has 0 saturated carbocycles. The van der Waals surface area contributed by atoms with Crippen molar-refractivity contribution < 1.29 is 4.39 Å². The molecule has 0 aliphatic heterocycles. The van der Waals surface area contributed by atoms with Crippen molar-refractivity contribution >= 4 is 22.5 Å². The molecule has 1 nitrogen and oxygen atoms in total. The van der Waals surface area contributed by atoms with Gasteiger partial charge < -0.3 is 4.98 Å². The van der Waals surface area contributed by atoms with Gasteiger partial charge in [0.05, 0.1) is 0 Å². The number of halogens is 2. The lowest BCUT2D eigenvalue weighted by Gasteiger charge is -2.00. The van der Waals surface area contributed by atoms with E-state index in [2.05, 4.69) is 4.98 Å². The summed E-state index contributed by atoms with van der Waals surface area (Å²) in [4.78, 5) is 3.30. The number of nitrogens with one attached hydrogen (secondary N) is 1. The number of rotatable bonds is 1. The van der Waals surface area contributed by atoms with Gasteiger partial charge in [0.25, 0.3) is 0 Å². The van der Waals surface area contributed by atoms with Crippen LogP contribution in [-0.2, 0) is 0 Å². The van der Waals surface area contributed by atoms with Gasteiger partial charge in [0.2, 0.25) is 0 Å². The number of hydrogen-bond donors (Lipinski definition) is 1. The lowest BCUT2D eigenvalue weighted by molar-refractivity contribution is 0.619. The van der Waals surface area contributed by atoms with E-state index < -0.39 is 0 Å². The first kappa shape index (κ1) is 11.3. The third-order valence-corrected chi connectivity index (χ3v) is 3.29. The monoisotopic (exact) mass is 259 g/mol. The zero-order valence-electron chi connectivity index (χ0n) is 9.80. The van der Waals surface area contributed by atoms with Gasteiger partial charge in [-0.15, -0.1) is 0 Å². The maximum absolute atomic E-state index is 13.2. The zero-order chi connectivity index (χ0) is 12.7. The third kappa shape index (κ3) is 1.89. The minimum absolute atomic E-state index is 0.182. The van der Waals surface area contributed by atoms with E-state index in [-0.39, 0.29) is 5.82 Å². The molecule has 1 N–H and O–H groups in total. The minimum atomic E-state index is -0.182. The van der Waals surface area contributed by atoms with Gasteiger partial charge in [-0.05, 0) is 60.5 Å². The summed E-state index contributed by atoms with van der Waals surface area (Å²) in [5, 5.41) is 1.77. The summed E-state index contributed by atoms with van der Waals surface area (Å²) in [6.45, 7) is 1.76. The molecular formula is C15H11ClFN. The first-order valence-corrected chi connectivity index (χ1v) is 6.06. The average molecular weight is 260 g/mol. The van der Waals surface area contributed by atoms with Crippen LogP contribution in [0.25, 0.3) is 22.2 Å². The molecule has 90 valence electrons. The van der Waals surface area contributed by atoms with Crippen LogP contribution >= 0.6 is 11.6 Å². The van der Waals surface area contributed by atoms with Crippen molar-refractivity contribution in [2.75, 3.05) is 0 Å². The Morgan fingerprint density at radius 2 is 1.89 bits per heavy atom. The summed E-state index contributed by atoms with van der Waals surface area (Å²) in [5.41, 5.74) is 3.61. The van der Waals surface area contributed by atoms with Crippen LogP contribution in [0.4, 0.5) is 4.39 Å². The van der Waals surface area contributed by atoms with E-state index in [0.717, 1.165) is 22.2 Å². The van der Waals surface area contributed by atoms with Crippen LogP contribution in [0.15, 0.2) is 42.5 Å². The predicted octanol–water partition coefficient (Wildman–Crippen LogP) is 4.94. The molecule has 0 radical (unpaired) electrons. The van der Waals surface area contributed by atoms with Gasteiger partial charge in [0.1, 0.15) is 5.82 Å². The van der Waals surface area contributed by atoms with Crippen molar-refractivity contribution in [3.63, 3.8) is 0 Å². The number of hydrogen-bond acceptors (Lipinski definition) is 0. The Kier molecular flexibility index (Phi) is 2.60. The Morgan fingerprint density at radius 3 is 2.67 bits per heavy atom. The molecule has 3 aromatic rings. The lowest BCUT2D eigenvalue weighted by atomic mass is 10.1. The highest BCUT2D eigenvalue weighted by Gasteiger charge is 2.05. The van der Waals surface area contributed by atoms with Crippen LogP contribution in [-0.4, -0.2) is 4.98 Å². The van der Waals surface area contributed by atoms with Crippen LogP contribution < -0.4 is 0 Å². The SMILES string of the molecule is Cc1cc(-c2cc3cc(Cl)ccc3[nH]2)ccc1F. The molecule has 3 rings (SSSR count). The molecule has 0 unspecified atom stereocenters. The molecule has 0 bridgehead atoms. The van der Waals surface area contributed by atoms with Crippen LogP contribution in [0.3, 0.4) is 0 Å². The number of aryl methyl sites for hydroxylation is 1. The van der Waals surface area contributed by atoms with Gasteiger partial charge >= 0.3 is 0 Å². The fraction of sp³-hybridized carbons (Fsp3) is 0.0667. The summed E-state index contributed by atoms with van der Waals surface area (Å²) in [6, 6.07) is 12.8. The van der Waals surface area contributed by atoms with Crippen molar-refractivity contribution in [1.29, 1.82) is 0 Å². The van der Waals surface area contributed by atoms with Crippen LogP contribution in [0, 0.1) is 12.7 Å². The number of benzene rings is 2. The molecule has 0 fully saturated rings. The molecule has 0 amide bonds. The Bertz CT molecular complexity index is 730. The molecule has 0 atom stereocenters. The summed E-state index contributed by atoms with van der Waals surface area (Å²) >= 11 is 5.96. The minimum Gasteiger partial charge on any atom is -0.355 e. The fourth-order valence-corrected chi connectivity index (χ4v) is 2.25. The van der Waals surface area contributed by atoms with Gasteiger partial charge in [-0.2, -0.15) is 0 Å². The highest BCUT2D eigenvalue weighted by atomic mass is 35.5. The maximum atomic E-state index is 13.2. The summed E-state index contributed by atoms with van der Waals surface area (Å²) in [6.07, 6.45) is 0. The van der Waals surface area contributed by atoms with Crippen molar-refractivity contribution in [2.24, 2.45) is 0 Å². The second kappa shape index (κ2) is 4.14. The van der Waals surface area contributed by atoms with Crippen molar-refractivity contribution in [3.8, 4) is 11.3 Å². The Morgan fingerprint density at radius 1 is 1.06 bits per heavy atom. The molecule has 1 aromatic heterocycles. The van der Waals surface area contributed by atoms with Gasteiger partial charge in [-0.25, -0.2) is 4.39 Å². The smallest absolute Gasteiger partial charge is 0.126 e. The predicted molar refractivity (Wildman–Crippen MR) is 73.4 cm³/mol. The van der Waals surface area contributed by atoms with E-state index in [4.69, 9.17) is 11.6 Å². The van der Waals surface area contributed by atoms with Crippen molar-refractivity contribution in [2.45, 2.75) is 6.92 Å². The molecule has 0 aliphatic carbocycles. The highest BCUT2D eigenvalue weighted by Crippen LogP contribution is 2.27. The normalized spacial score (nSPS) is 11.1. The second-order valence-corrected chi connectivity index (χ2v) is 4.81. The van der Waals surface area contributed by atoms with Gasteiger partial charge in [0.15, 0.2) is 0 Å². The first-order valence-electron chi connectivity index (χ1n) is 5.68. The van der Waals surface area contributed by atoms with Gasteiger partial charge in [-0.1, -0.05) is 11.6 Å². The van der Waals surface area contributed by atoms with E-state index in [1.165, 1.54) is 6.07 Å². The summed E-state index contributed by atoms with van der Waals surface area (Å²) in [5.74, 6) is -0.182. The molecule has 18 heavy (non-hydrogen) atoms. The maximum Gasteiger partial charge on any atom is 0.126 e. The van der Waals surface area contributed by atoms with E-state index in [9.17, 15) is 4.39 Å². The molecule has 1 heterocycles. The van der Waals surface area contributed by atoms with E-state index in [0.29, 0.717) is 10.6 Å². The average Bonchev–Trinajstić information content (AvgIpc) is 2.75. The van der Waals surface area contributed by atoms with Crippen LogP contribution in [0.2, 0.25) is 5.02 Å². The Hall–Kier alpha value is -1.80. The first-order chi connectivity index (χ1) is 8.63. The van der Waals surface area contributed by atoms with E-state index >= 15 is 0 Å². The molecule has 0 aliphatic rings. The standard InChI is InChI=1S/C15H11ClFN/c1-9-6-10(2-4-13(9)17)15-8-11-7-12(16)3-5-14(11)18-15/h2-8,18H,1H3. The molecule has 0 saturated heterocycles. The largest absolute Gasteiger partial charge is 0.355 e. The number of aromatic amines is 1. The second-order valence-electron chi connectivity index (χ2n) is 4.38. The van der Waals surface area contributed by atoms with E-state index in [1.807, 2.05) is 30.3 Å². The van der Waals surface area contributed by atoms with E-state index in [1.54, 1.807) is 13.0 Å². The topological polar surface area (TPSA) is 15.8 Å².